The van der Waals surface area contributed by atoms with Crippen LogP contribution in [0.5, 0.6) is 0 Å². The molecule has 0 radical (unpaired) electrons. The highest BCUT2D eigenvalue weighted by Gasteiger charge is 2.13. The van der Waals surface area contributed by atoms with E-state index in [-0.39, 0.29) is 5.56 Å². The van der Waals surface area contributed by atoms with Crippen molar-refractivity contribution in [3.05, 3.63) is 29.1 Å². The van der Waals surface area contributed by atoms with Gasteiger partial charge in [0.1, 0.15) is 5.56 Å². The van der Waals surface area contributed by atoms with E-state index >= 15 is 0 Å². The van der Waals surface area contributed by atoms with E-state index in [4.69, 9.17) is 5.11 Å². The number of aromatic carboxylic acids is 1. The summed E-state index contributed by atoms with van der Waals surface area (Å²) in [4.78, 5) is 10.9. The second-order valence-electron chi connectivity index (χ2n) is 3.85. The minimum atomic E-state index is -0.938. The van der Waals surface area contributed by atoms with E-state index in [1.54, 1.807) is 11.7 Å². The average Bonchev–Trinajstić information content (AvgIpc) is 2.54. The summed E-state index contributed by atoms with van der Waals surface area (Å²) in [6, 6.07) is 0. The van der Waals surface area contributed by atoms with E-state index in [1.165, 1.54) is 11.8 Å². The van der Waals surface area contributed by atoms with Gasteiger partial charge >= 0.3 is 5.97 Å². The quantitative estimate of drug-likeness (QED) is 0.581. The van der Waals surface area contributed by atoms with Crippen molar-refractivity contribution in [1.29, 1.82) is 0 Å². The highest BCUT2D eigenvalue weighted by molar-refractivity contribution is 5.88. The van der Waals surface area contributed by atoms with Gasteiger partial charge in [0.15, 0.2) is 0 Å². The molecule has 0 fully saturated rings. The average molecular weight is 223 g/mol. The number of hydrogen-bond donors (Lipinski definition) is 2. The van der Waals surface area contributed by atoms with E-state index in [2.05, 4.69) is 16.5 Å². The first-order valence-corrected chi connectivity index (χ1v) is 5.10. The van der Waals surface area contributed by atoms with Crippen molar-refractivity contribution in [3.63, 3.8) is 0 Å². The zero-order chi connectivity index (χ0) is 12.1. The number of carbonyl (C=O) groups is 1. The lowest BCUT2D eigenvalue weighted by atomic mass is 10.2. The molecule has 0 aliphatic rings. The van der Waals surface area contributed by atoms with Crippen molar-refractivity contribution in [3.8, 4) is 0 Å². The Morgan fingerprint density at radius 3 is 2.88 bits per heavy atom. The van der Waals surface area contributed by atoms with Gasteiger partial charge < -0.3 is 10.4 Å². The minimum Gasteiger partial charge on any atom is -0.478 e. The summed E-state index contributed by atoms with van der Waals surface area (Å²) in [6.07, 6.45) is 3.43. The third-order valence-corrected chi connectivity index (χ3v) is 2.24. The van der Waals surface area contributed by atoms with E-state index < -0.39 is 5.97 Å². The van der Waals surface area contributed by atoms with Crippen LogP contribution < -0.4 is 5.32 Å². The first-order chi connectivity index (χ1) is 7.52. The molecule has 0 amide bonds. The van der Waals surface area contributed by atoms with Crippen LogP contribution in [0.25, 0.3) is 0 Å². The van der Waals surface area contributed by atoms with Crippen LogP contribution in [0, 0.1) is 0 Å². The summed E-state index contributed by atoms with van der Waals surface area (Å²) in [5.41, 5.74) is 2.18. The maximum Gasteiger partial charge on any atom is 0.339 e. The predicted octanol–water partition coefficient (Wildman–Crippen LogP) is 1.17. The van der Waals surface area contributed by atoms with Crippen LogP contribution in [-0.2, 0) is 13.6 Å². The van der Waals surface area contributed by atoms with Crippen LogP contribution in [0.15, 0.2) is 17.8 Å². The maximum atomic E-state index is 10.9. The molecule has 1 heterocycles. The third-order valence-electron chi connectivity index (χ3n) is 2.24. The summed E-state index contributed by atoms with van der Waals surface area (Å²) in [5, 5.41) is 16.0. The van der Waals surface area contributed by atoms with Gasteiger partial charge in [-0.15, -0.1) is 0 Å². The SMILES string of the molecule is CC(C)=CCNCc1c(C(=O)O)cnn1C. The summed E-state index contributed by atoms with van der Waals surface area (Å²) in [7, 11) is 1.74. The lowest BCUT2D eigenvalue weighted by Gasteiger charge is -2.04. The normalized spacial score (nSPS) is 10.2. The topological polar surface area (TPSA) is 67.2 Å². The van der Waals surface area contributed by atoms with Gasteiger partial charge in [-0.05, 0) is 13.8 Å². The van der Waals surface area contributed by atoms with Crippen molar-refractivity contribution in [1.82, 2.24) is 15.1 Å². The second-order valence-corrected chi connectivity index (χ2v) is 3.85. The predicted molar refractivity (Wildman–Crippen MR) is 61.3 cm³/mol. The van der Waals surface area contributed by atoms with Crippen LogP contribution in [0.2, 0.25) is 0 Å². The summed E-state index contributed by atoms with van der Waals surface area (Å²) < 4.78 is 1.58. The van der Waals surface area contributed by atoms with Gasteiger partial charge in [-0.3, -0.25) is 4.68 Å². The molecule has 1 aromatic heterocycles. The van der Waals surface area contributed by atoms with Crippen LogP contribution in [0.1, 0.15) is 29.9 Å². The first-order valence-electron chi connectivity index (χ1n) is 5.10. The number of carboxylic acid groups (broad SMARTS) is 1. The Kier molecular flexibility index (Phi) is 4.25. The Morgan fingerprint density at radius 2 is 2.31 bits per heavy atom. The first kappa shape index (κ1) is 12.4. The second kappa shape index (κ2) is 5.46. The Labute approximate surface area is 94.8 Å². The molecule has 0 aromatic carbocycles. The molecule has 0 aliphatic heterocycles. The molecule has 0 bridgehead atoms. The number of nitrogens with zero attached hydrogens (tertiary/aromatic N) is 2. The van der Waals surface area contributed by atoms with Gasteiger partial charge in [-0.25, -0.2) is 4.79 Å². The van der Waals surface area contributed by atoms with E-state index in [0.717, 1.165) is 6.54 Å². The lowest BCUT2D eigenvalue weighted by Crippen LogP contribution is -2.18. The van der Waals surface area contributed by atoms with Gasteiger partial charge in [0.2, 0.25) is 0 Å². The fourth-order valence-electron chi connectivity index (χ4n) is 1.32. The van der Waals surface area contributed by atoms with Gasteiger partial charge in [0, 0.05) is 20.1 Å². The lowest BCUT2D eigenvalue weighted by molar-refractivity contribution is 0.0695. The Hall–Kier alpha value is -1.62. The number of rotatable bonds is 5. The molecule has 1 aromatic rings. The zero-order valence-corrected chi connectivity index (χ0v) is 9.82. The molecule has 0 saturated heterocycles. The Bertz CT molecular complexity index is 403. The monoisotopic (exact) mass is 223 g/mol. The highest BCUT2D eigenvalue weighted by atomic mass is 16.4. The number of allylic oxidation sites excluding steroid dienone is 1. The summed E-state index contributed by atoms with van der Waals surface area (Å²) >= 11 is 0. The molecule has 88 valence electrons. The van der Waals surface area contributed by atoms with Crippen molar-refractivity contribution >= 4 is 5.97 Å². The van der Waals surface area contributed by atoms with Crippen molar-refractivity contribution in [2.24, 2.45) is 7.05 Å². The number of carboxylic acids is 1. The van der Waals surface area contributed by atoms with E-state index in [9.17, 15) is 4.79 Å². The highest BCUT2D eigenvalue weighted by Crippen LogP contribution is 2.06. The summed E-state index contributed by atoms with van der Waals surface area (Å²) in [6.45, 7) is 5.28. The molecular formula is C11H17N3O2. The molecule has 0 atom stereocenters. The number of aromatic nitrogens is 2. The molecule has 0 unspecified atom stereocenters. The van der Waals surface area contributed by atoms with E-state index in [0.29, 0.717) is 12.2 Å². The van der Waals surface area contributed by atoms with Gasteiger partial charge in [0.25, 0.3) is 0 Å². The summed E-state index contributed by atoms with van der Waals surface area (Å²) in [5.74, 6) is -0.938. The third kappa shape index (κ3) is 3.20. The van der Waals surface area contributed by atoms with Crippen molar-refractivity contribution in [2.75, 3.05) is 6.54 Å². The molecule has 16 heavy (non-hydrogen) atoms. The number of nitrogens with one attached hydrogen (secondary N) is 1. The number of aryl methyl sites for hydroxylation is 1. The van der Waals surface area contributed by atoms with Crippen LogP contribution in [0.3, 0.4) is 0 Å². The molecule has 1 rings (SSSR count). The Morgan fingerprint density at radius 1 is 1.62 bits per heavy atom. The zero-order valence-electron chi connectivity index (χ0n) is 9.82. The fourth-order valence-corrected chi connectivity index (χ4v) is 1.32. The smallest absolute Gasteiger partial charge is 0.339 e. The largest absolute Gasteiger partial charge is 0.478 e. The number of hydrogen-bond acceptors (Lipinski definition) is 3. The molecular weight excluding hydrogens is 206 g/mol. The van der Waals surface area contributed by atoms with Gasteiger partial charge in [-0.1, -0.05) is 11.6 Å². The van der Waals surface area contributed by atoms with Crippen molar-refractivity contribution in [2.45, 2.75) is 20.4 Å². The fraction of sp³-hybridized carbons (Fsp3) is 0.455. The van der Waals surface area contributed by atoms with Gasteiger partial charge in [-0.2, -0.15) is 5.10 Å². The van der Waals surface area contributed by atoms with Crippen LogP contribution in [0.4, 0.5) is 0 Å². The van der Waals surface area contributed by atoms with Crippen LogP contribution in [-0.4, -0.2) is 27.4 Å². The standard InChI is InChI=1S/C11H17N3O2/c1-8(2)4-5-12-7-10-9(11(15)16)6-13-14(10)3/h4,6,12H,5,7H2,1-3H3,(H,15,16). The molecule has 2 N–H and O–H groups in total. The molecule has 0 aliphatic carbocycles. The van der Waals surface area contributed by atoms with E-state index in [1.807, 2.05) is 13.8 Å². The maximum absolute atomic E-state index is 10.9. The van der Waals surface area contributed by atoms with Crippen LogP contribution >= 0.6 is 0 Å². The Balaban J connectivity index is 2.63. The van der Waals surface area contributed by atoms with Gasteiger partial charge in [0.05, 0.1) is 11.9 Å². The molecule has 0 saturated carbocycles. The molecule has 0 spiro atoms. The minimum absolute atomic E-state index is 0.257. The molecule has 5 heteroatoms. The molecule has 5 nitrogen and oxygen atoms in total. The van der Waals surface area contributed by atoms with Crippen molar-refractivity contribution < 1.29 is 9.90 Å².